The van der Waals surface area contributed by atoms with Gasteiger partial charge in [0.1, 0.15) is 0 Å². The minimum Gasteiger partial charge on any atom is -0.396 e. The Labute approximate surface area is 169 Å². The normalized spacial score (nSPS) is 26.1. The second kappa shape index (κ2) is 8.52. The largest absolute Gasteiger partial charge is 0.396 e. The van der Waals surface area contributed by atoms with E-state index in [4.69, 9.17) is 0 Å². The van der Waals surface area contributed by atoms with Gasteiger partial charge in [-0.2, -0.15) is 0 Å². The number of benzene rings is 1. The molecule has 5 heteroatoms. The molecule has 1 amide bonds. The number of piperidine rings is 2. The van der Waals surface area contributed by atoms with Crippen LogP contribution in [0.2, 0.25) is 0 Å². The van der Waals surface area contributed by atoms with Crippen molar-refractivity contribution in [3.63, 3.8) is 0 Å². The standard InChI is InChI=1S/C23H36N2O3/c1-18(2)20-7-5-19(6-8-20)15-25-12-4-9-23(28,21(25)27)16-24-13-10-22(3,17-26)11-14-24/h5-8,18,26,28H,4,9-17H2,1-3H3. The highest BCUT2D eigenvalue weighted by molar-refractivity contribution is 5.86. The van der Waals surface area contributed by atoms with Crippen LogP contribution in [0.4, 0.5) is 0 Å². The highest BCUT2D eigenvalue weighted by atomic mass is 16.3. The van der Waals surface area contributed by atoms with Crippen LogP contribution < -0.4 is 0 Å². The SMILES string of the molecule is CC(C)c1ccc(CN2CCCC(O)(CN3CCC(C)(CO)CC3)C2=O)cc1. The van der Waals surface area contributed by atoms with Crippen molar-refractivity contribution in [2.24, 2.45) is 5.41 Å². The summed E-state index contributed by atoms with van der Waals surface area (Å²) in [5, 5.41) is 20.7. The van der Waals surface area contributed by atoms with E-state index in [1.165, 1.54) is 5.56 Å². The van der Waals surface area contributed by atoms with Gasteiger partial charge in [0, 0.05) is 26.2 Å². The first-order valence-corrected chi connectivity index (χ1v) is 10.7. The Kier molecular flexibility index (Phi) is 6.47. The molecule has 0 radical (unpaired) electrons. The summed E-state index contributed by atoms with van der Waals surface area (Å²) in [5.41, 5.74) is 1.09. The molecular weight excluding hydrogens is 352 g/mol. The highest BCUT2D eigenvalue weighted by Crippen LogP contribution is 2.32. The van der Waals surface area contributed by atoms with E-state index < -0.39 is 5.60 Å². The molecule has 1 unspecified atom stereocenters. The number of hydrogen-bond donors (Lipinski definition) is 2. The number of rotatable bonds is 6. The summed E-state index contributed by atoms with van der Waals surface area (Å²) >= 11 is 0. The first-order chi connectivity index (χ1) is 13.2. The highest BCUT2D eigenvalue weighted by Gasteiger charge is 2.44. The van der Waals surface area contributed by atoms with E-state index in [9.17, 15) is 15.0 Å². The molecule has 0 aliphatic carbocycles. The van der Waals surface area contributed by atoms with Crippen LogP contribution in [0.1, 0.15) is 63.5 Å². The number of amides is 1. The van der Waals surface area contributed by atoms with E-state index in [1.807, 2.05) is 4.90 Å². The summed E-state index contributed by atoms with van der Waals surface area (Å²) in [6.07, 6.45) is 3.16. The lowest BCUT2D eigenvalue weighted by Gasteiger charge is -2.44. The summed E-state index contributed by atoms with van der Waals surface area (Å²) in [4.78, 5) is 17.1. The lowest BCUT2D eigenvalue weighted by Crippen LogP contribution is -2.59. The number of hydrogen-bond acceptors (Lipinski definition) is 4. The number of likely N-dealkylation sites (tertiary alicyclic amines) is 2. The topological polar surface area (TPSA) is 64.0 Å². The fraction of sp³-hybridized carbons (Fsp3) is 0.696. The van der Waals surface area contributed by atoms with Gasteiger partial charge in [0.05, 0.1) is 0 Å². The number of β-amino-alcohol motifs (C(OH)–C–C–N with tert-alkyl or cyclic N) is 1. The summed E-state index contributed by atoms with van der Waals surface area (Å²) < 4.78 is 0. The van der Waals surface area contributed by atoms with Crippen molar-refractivity contribution in [2.75, 3.05) is 32.8 Å². The van der Waals surface area contributed by atoms with Gasteiger partial charge in [-0.25, -0.2) is 0 Å². The number of carbonyl (C=O) groups is 1. The zero-order chi connectivity index (χ0) is 20.4. The van der Waals surface area contributed by atoms with Crippen LogP contribution in [-0.4, -0.2) is 64.3 Å². The molecule has 2 heterocycles. The predicted octanol–water partition coefficient (Wildman–Crippen LogP) is 2.76. The maximum Gasteiger partial charge on any atom is 0.256 e. The molecule has 1 aromatic rings. The van der Waals surface area contributed by atoms with Gasteiger partial charge in [-0.1, -0.05) is 45.0 Å². The van der Waals surface area contributed by atoms with Crippen LogP contribution in [0.5, 0.6) is 0 Å². The number of aliphatic hydroxyl groups excluding tert-OH is 1. The molecule has 0 bridgehead atoms. The lowest BCUT2D eigenvalue weighted by molar-refractivity contribution is -0.161. The molecular formula is C23H36N2O3. The van der Waals surface area contributed by atoms with E-state index in [2.05, 4.69) is 49.9 Å². The maximum atomic E-state index is 13.1. The molecule has 2 aliphatic rings. The van der Waals surface area contributed by atoms with Crippen molar-refractivity contribution >= 4 is 5.91 Å². The van der Waals surface area contributed by atoms with Crippen LogP contribution in [-0.2, 0) is 11.3 Å². The van der Waals surface area contributed by atoms with Gasteiger partial charge in [0.2, 0.25) is 0 Å². The van der Waals surface area contributed by atoms with Crippen LogP contribution >= 0.6 is 0 Å². The molecule has 1 aromatic carbocycles. The Bertz CT molecular complexity index is 665. The van der Waals surface area contributed by atoms with Gasteiger partial charge in [0.25, 0.3) is 5.91 Å². The summed E-state index contributed by atoms with van der Waals surface area (Å²) in [5.74, 6) is 0.357. The maximum absolute atomic E-state index is 13.1. The Morgan fingerprint density at radius 1 is 1.07 bits per heavy atom. The van der Waals surface area contributed by atoms with Gasteiger partial charge >= 0.3 is 0 Å². The molecule has 2 fully saturated rings. The number of aliphatic hydroxyl groups is 2. The van der Waals surface area contributed by atoms with Gasteiger partial charge in [-0.05, 0) is 61.2 Å². The first kappa shape index (κ1) is 21.3. The third-order valence-electron chi connectivity index (χ3n) is 6.65. The van der Waals surface area contributed by atoms with Crippen molar-refractivity contribution in [1.29, 1.82) is 0 Å². The quantitative estimate of drug-likeness (QED) is 0.787. The van der Waals surface area contributed by atoms with Crippen LogP contribution in [0.3, 0.4) is 0 Å². The van der Waals surface area contributed by atoms with Crippen molar-refractivity contribution in [3.05, 3.63) is 35.4 Å². The molecule has 0 saturated carbocycles. The Morgan fingerprint density at radius 3 is 2.29 bits per heavy atom. The molecule has 0 aromatic heterocycles. The molecule has 2 N–H and O–H groups in total. The van der Waals surface area contributed by atoms with Crippen molar-refractivity contribution in [3.8, 4) is 0 Å². The van der Waals surface area contributed by atoms with E-state index in [0.29, 0.717) is 32.0 Å². The second-order valence-electron chi connectivity index (χ2n) is 9.50. The lowest BCUT2D eigenvalue weighted by atomic mass is 9.80. The number of nitrogens with zero attached hydrogens (tertiary/aromatic N) is 2. The summed E-state index contributed by atoms with van der Waals surface area (Å²) in [7, 11) is 0. The molecule has 2 aliphatic heterocycles. The van der Waals surface area contributed by atoms with Crippen molar-refractivity contribution in [2.45, 2.75) is 64.5 Å². The van der Waals surface area contributed by atoms with Crippen LogP contribution in [0.25, 0.3) is 0 Å². The van der Waals surface area contributed by atoms with E-state index >= 15 is 0 Å². The fourth-order valence-corrected chi connectivity index (χ4v) is 4.37. The molecule has 2 saturated heterocycles. The average Bonchev–Trinajstić information content (AvgIpc) is 2.68. The molecule has 28 heavy (non-hydrogen) atoms. The van der Waals surface area contributed by atoms with Gasteiger partial charge in [0.15, 0.2) is 5.60 Å². The fourth-order valence-electron chi connectivity index (χ4n) is 4.37. The Balaban J connectivity index is 1.61. The predicted molar refractivity (Wildman–Crippen MR) is 111 cm³/mol. The second-order valence-corrected chi connectivity index (χ2v) is 9.50. The minimum absolute atomic E-state index is 0.0239. The molecule has 5 nitrogen and oxygen atoms in total. The molecule has 3 rings (SSSR count). The zero-order valence-corrected chi connectivity index (χ0v) is 17.7. The monoisotopic (exact) mass is 388 g/mol. The van der Waals surface area contributed by atoms with Gasteiger partial charge in [-0.3, -0.25) is 9.69 Å². The zero-order valence-electron chi connectivity index (χ0n) is 17.7. The van der Waals surface area contributed by atoms with Crippen LogP contribution in [0.15, 0.2) is 24.3 Å². The smallest absolute Gasteiger partial charge is 0.256 e. The van der Waals surface area contributed by atoms with Crippen molar-refractivity contribution in [1.82, 2.24) is 9.80 Å². The summed E-state index contributed by atoms with van der Waals surface area (Å²) in [6.45, 7) is 9.96. The third kappa shape index (κ3) is 4.76. The molecule has 0 spiro atoms. The van der Waals surface area contributed by atoms with Crippen molar-refractivity contribution < 1.29 is 15.0 Å². The Morgan fingerprint density at radius 2 is 1.71 bits per heavy atom. The first-order valence-electron chi connectivity index (χ1n) is 10.7. The third-order valence-corrected chi connectivity index (χ3v) is 6.65. The minimum atomic E-state index is -1.29. The van der Waals surface area contributed by atoms with E-state index in [0.717, 1.165) is 37.9 Å². The van der Waals surface area contributed by atoms with Gasteiger partial charge < -0.3 is 15.1 Å². The van der Waals surface area contributed by atoms with Gasteiger partial charge in [-0.15, -0.1) is 0 Å². The average molecular weight is 389 g/mol. The molecule has 1 atom stereocenters. The molecule has 156 valence electrons. The van der Waals surface area contributed by atoms with Crippen LogP contribution in [0, 0.1) is 5.41 Å². The number of carbonyl (C=O) groups excluding carboxylic acids is 1. The Hall–Kier alpha value is -1.43. The van der Waals surface area contributed by atoms with E-state index in [-0.39, 0.29) is 17.9 Å². The summed E-state index contributed by atoms with van der Waals surface area (Å²) in [6, 6.07) is 8.45. The van der Waals surface area contributed by atoms with E-state index in [1.54, 1.807) is 0 Å².